The molecule has 4 N–H and O–H groups in total. The van der Waals surface area contributed by atoms with Crippen LogP contribution in [-0.4, -0.2) is 101 Å². The Bertz CT molecular complexity index is 465. The van der Waals surface area contributed by atoms with Gasteiger partial charge in [0.25, 0.3) is 0 Å². The van der Waals surface area contributed by atoms with Crippen LogP contribution < -0.4 is 0 Å². The normalized spacial score (nSPS) is 24.8. The Morgan fingerprint density at radius 1 is 0.708 bits per heavy atom. The van der Waals surface area contributed by atoms with Crippen LogP contribution in [-0.2, 0) is 9.59 Å². The van der Waals surface area contributed by atoms with Gasteiger partial charge in [0.2, 0.25) is 0 Å². The molecule has 0 radical (unpaired) electrons. The van der Waals surface area contributed by atoms with Crippen molar-refractivity contribution in [3.63, 3.8) is 0 Å². The Hall–Kier alpha value is -2.42. The van der Waals surface area contributed by atoms with Crippen LogP contribution in [0.25, 0.3) is 0 Å². The van der Waals surface area contributed by atoms with E-state index >= 15 is 0 Å². The summed E-state index contributed by atoms with van der Waals surface area (Å²) in [6, 6.07) is -2.65. The third-order valence-electron chi connectivity index (χ3n) is 3.86. The Kier molecular flexibility index (Phi) is 5.23. The highest BCUT2D eigenvalue weighted by molar-refractivity contribution is 5.82. The summed E-state index contributed by atoms with van der Waals surface area (Å²) in [4.78, 5) is 48.3. The molecule has 0 spiro atoms. The highest BCUT2D eigenvalue weighted by Gasteiger charge is 2.57. The van der Waals surface area contributed by atoms with E-state index in [1.807, 2.05) is 0 Å². The molecule has 2 heterocycles. The van der Waals surface area contributed by atoms with E-state index in [0.29, 0.717) is 20.3 Å². The Morgan fingerprint density at radius 2 is 1.04 bits per heavy atom. The Balaban J connectivity index is 2.08. The first-order chi connectivity index (χ1) is 11.4. The van der Waals surface area contributed by atoms with Crippen molar-refractivity contribution in [1.82, 2.24) is 20.3 Å². The summed E-state index contributed by atoms with van der Waals surface area (Å²) >= 11 is 0. The van der Waals surface area contributed by atoms with Gasteiger partial charge in [0.05, 0.1) is 9.81 Å². The number of rotatable bonds is 7. The number of hydrogen-bond acceptors (Lipinski definition) is 8. The van der Waals surface area contributed by atoms with Crippen LogP contribution in [0, 0.1) is 9.81 Å². The number of carbonyl (C=O) groups is 2. The lowest BCUT2D eigenvalue weighted by molar-refractivity contribution is -0.749. The van der Waals surface area contributed by atoms with Crippen molar-refractivity contribution in [2.75, 3.05) is 26.9 Å². The van der Waals surface area contributed by atoms with Crippen LogP contribution in [0.4, 0.5) is 0 Å². The average Bonchev–Trinajstić information content (AvgIpc) is 2.95. The molecule has 2 amide bonds. The third kappa shape index (κ3) is 2.64. The number of carbonyl (C=O) groups excluding carboxylic acids is 2. The molecule has 134 valence electrons. The molecular formula is C10H18N6O8+2. The summed E-state index contributed by atoms with van der Waals surface area (Å²) in [7, 11) is 0. The lowest BCUT2D eigenvalue weighted by Crippen LogP contribution is -2.42. The summed E-state index contributed by atoms with van der Waals surface area (Å²) in [6.07, 6.45) is -0.438. The quantitative estimate of drug-likeness (QED) is 0.330. The molecule has 0 bridgehead atoms. The fourth-order valence-corrected chi connectivity index (χ4v) is 2.64. The second-order valence-electron chi connectivity index (χ2n) is 5.00. The predicted octanol–water partition coefficient (Wildman–Crippen LogP) is -4.19. The molecule has 2 saturated heterocycles. The SMILES string of the molecule is O=C1C(CCC2C(=O)N(CO)N(CO)[N+]2=O)[N+](=O)N(CO)N1CO. The van der Waals surface area contributed by atoms with Gasteiger partial charge in [-0.15, -0.1) is 0 Å². The molecular weight excluding hydrogens is 332 g/mol. The highest BCUT2D eigenvalue weighted by atomic mass is 16.4. The summed E-state index contributed by atoms with van der Waals surface area (Å²) < 4.78 is 0. The fourth-order valence-electron chi connectivity index (χ4n) is 2.64. The van der Waals surface area contributed by atoms with E-state index in [1.54, 1.807) is 0 Å². The molecule has 0 aliphatic carbocycles. The van der Waals surface area contributed by atoms with Crippen molar-refractivity contribution in [1.29, 1.82) is 0 Å². The molecule has 0 aromatic rings. The van der Waals surface area contributed by atoms with Gasteiger partial charge >= 0.3 is 23.9 Å². The highest BCUT2D eigenvalue weighted by Crippen LogP contribution is 2.23. The molecule has 0 saturated carbocycles. The maximum Gasteiger partial charge on any atom is 0.324 e. The zero-order valence-electron chi connectivity index (χ0n) is 12.5. The standard InChI is InChI=1S/C10H18N6O8/c17-3-11-9(21)7(15(23)13(11)5-19)1-2-8-10(22)12(4-18)14(6-20)16(8)24/h7-8,17-20H,1-6H2/q+2. The smallest absolute Gasteiger partial charge is 0.324 e. The van der Waals surface area contributed by atoms with Gasteiger partial charge in [-0.3, -0.25) is 9.59 Å². The largest absolute Gasteiger partial charge is 0.374 e. The molecule has 2 fully saturated rings. The molecule has 2 atom stereocenters. The van der Waals surface area contributed by atoms with E-state index in [0.717, 1.165) is 0 Å². The topological polar surface area (TPSA) is 168 Å². The van der Waals surface area contributed by atoms with Crippen LogP contribution in [0.15, 0.2) is 0 Å². The zero-order chi connectivity index (χ0) is 18.0. The van der Waals surface area contributed by atoms with Gasteiger partial charge in [0.1, 0.15) is 13.5 Å². The van der Waals surface area contributed by atoms with E-state index in [1.165, 1.54) is 0 Å². The van der Waals surface area contributed by atoms with Gasteiger partial charge in [0.15, 0.2) is 23.2 Å². The van der Waals surface area contributed by atoms with E-state index in [-0.39, 0.29) is 22.6 Å². The minimum Gasteiger partial charge on any atom is -0.374 e. The summed E-state index contributed by atoms with van der Waals surface area (Å²) in [5.41, 5.74) is 0. The minimum absolute atomic E-state index is 0.154. The van der Waals surface area contributed by atoms with Gasteiger partial charge in [0, 0.05) is 12.8 Å². The molecule has 24 heavy (non-hydrogen) atoms. The molecule has 2 rings (SSSR count). The summed E-state index contributed by atoms with van der Waals surface area (Å²) in [5, 5.41) is 38.7. The fraction of sp³-hybridized carbons (Fsp3) is 0.800. The maximum absolute atomic E-state index is 12.0. The predicted molar refractivity (Wildman–Crippen MR) is 69.8 cm³/mol. The van der Waals surface area contributed by atoms with Gasteiger partial charge < -0.3 is 20.4 Å². The number of aliphatic hydroxyl groups is 4. The van der Waals surface area contributed by atoms with Gasteiger partial charge in [-0.2, -0.15) is 10.0 Å². The Morgan fingerprint density at radius 3 is 1.25 bits per heavy atom. The molecule has 2 aliphatic heterocycles. The summed E-state index contributed by atoms with van der Waals surface area (Å²) in [5.74, 6) is -1.58. The van der Waals surface area contributed by atoms with Crippen LogP contribution in [0.2, 0.25) is 0 Å². The lowest BCUT2D eigenvalue weighted by atomic mass is 10.1. The van der Waals surface area contributed by atoms with Crippen molar-refractivity contribution in [2.45, 2.75) is 24.9 Å². The zero-order valence-corrected chi connectivity index (χ0v) is 12.5. The number of aliphatic hydroxyl groups excluding tert-OH is 4. The van der Waals surface area contributed by atoms with Crippen molar-refractivity contribution >= 4 is 11.8 Å². The molecule has 2 aliphatic rings. The number of nitrogens with zero attached hydrogens (tertiary/aromatic N) is 6. The van der Waals surface area contributed by atoms with E-state index in [9.17, 15) is 19.4 Å². The molecule has 2 unspecified atom stereocenters. The third-order valence-corrected chi connectivity index (χ3v) is 3.86. The molecule has 0 aromatic heterocycles. The number of nitroso groups, excluding NO2 is 2. The van der Waals surface area contributed by atoms with Crippen LogP contribution in [0.3, 0.4) is 0 Å². The van der Waals surface area contributed by atoms with Gasteiger partial charge in [-0.25, -0.2) is 0 Å². The van der Waals surface area contributed by atoms with E-state index in [4.69, 9.17) is 20.4 Å². The minimum atomic E-state index is -1.32. The average molecular weight is 350 g/mol. The molecule has 0 aromatic carbocycles. The summed E-state index contributed by atoms with van der Waals surface area (Å²) in [6.45, 7) is -3.31. The first-order valence-corrected chi connectivity index (χ1v) is 6.96. The number of amides is 2. The molecule has 14 heteroatoms. The monoisotopic (exact) mass is 350 g/mol. The maximum atomic E-state index is 12.0. The number of hydrazine groups is 4. The first kappa shape index (κ1) is 17.9. The van der Waals surface area contributed by atoms with Crippen LogP contribution in [0.5, 0.6) is 0 Å². The van der Waals surface area contributed by atoms with E-state index < -0.39 is 50.8 Å². The van der Waals surface area contributed by atoms with E-state index in [2.05, 4.69) is 0 Å². The Labute approximate surface area is 134 Å². The second kappa shape index (κ2) is 7.00. The lowest BCUT2D eigenvalue weighted by Gasteiger charge is -2.14. The number of hydrogen-bond donors (Lipinski definition) is 4. The second-order valence-corrected chi connectivity index (χ2v) is 5.00. The van der Waals surface area contributed by atoms with Gasteiger partial charge in [-0.1, -0.05) is 0 Å². The van der Waals surface area contributed by atoms with Crippen molar-refractivity contribution < 1.29 is 39.8 Å². The van der Waals surface area contributed by atoms with Gasteiger partial charge in [-0.05, 0) is 10.2 Å². The van der Waals surface area contributed by atoms with Crippen molar-refractivity contribution in [3.8, 4) is 0 Å². The molecule has 14 nitrogen and oxygen atoms in total. The van der Waals surface area contributed by atoms with Crippen LogP contribution >= 0.6 is 0 Å². The van der Waals surface area contributed by atoms with Crippen LogP contribution in [0.1, 0.15) is 12.8 Å². The van der Waals surface area contributed by atoms with Crippen molar-refractivity contribution in [3.05, 3.63) is 9.81 Å². The first-order valence-electron chi connectivity index (χ1n) is 6.96. The van der Waals surface area contributed by atoms with Crippen molar-refractivity contribution in [2.24, 2.45) is 0 Å².